The van der Waals surface area contributed by atoms with Crippen LogP contribution in [0.1, 0.15) is 18.4 Å². The van der Waals surface area contributed by atoms with Gasteiger partial charge in [-0.2, -0.15) is 0 Å². The topological polar surface area (TPSA) is 47.0 Å². The maximum absolute atomic E-state index is 5.58. The van der Waals surface area contributed by atoms with Crippen molar-refractivity contribution >= 4 is 11.0 Å². The third kappa shape index (κ3) is 2.66. The van der Waals surface area contributed by atoms with E-state index < -0.39 is 0 Å². The highest BCUT2D eigenvalue weighted by Gasteiger charge is 2.14. The molecule has 2 heterocycles. The molecule has 1 aromatic carbocycles. The standard InChI is InChI=1S/C14H17N3O/c1-2-12(18-7-1)10-15-9-11-3-4-13-14(8-11)17-6-5-16-13/h3-6,8,12,15H,1-2,7,9-10H2. The highest BCUT2D eigenvalue weighted by atomic mass is 16.5. The molecule has 0 amide bonds. The molecule has 1 aliphatic heterocycles. The number of hydrogen-bond acceptors (Lipinski definition) is 4. The molecular weight excluding hydrogens is 226 g/mol. The molecule has 0 radical (unpaired) electrons. The Kier molecular flexibility index (Phi) is 3.48. The molecule has 1 aromatic heterocycles. The third-order valence-corrected chi connectivity index (χ3v) is 3.26. The average Bonchev–Trinajstić information content (AvgIpc) is 2.92. The predicted octanol–water partition coefficient (Wildman–Crippen LogP) is 1.90. The van der Waals surface area contributed by atoms with Crippen molar-refractivity contribution in [2.75, 3.05) is 13.2 Å². The largest absolute Gasteiger partial charge is 0.377 e. The summed E-state index contributed by atoms with van der Waals surface area (Å²) in [5, 5.41) is 3.44. The van der Waals surface area contributed by atoms with Crippen molar-refractivity contribution < 1.29 is 4.74 Å². The summed E-state index contributed by atoms with van der Waals surface area (Å²) in [6.45, 7) is 2.70. The van der Waals surface area contributed by atoms with Crippen molar-refractivity contribution in [3.8, 4) is 0 Å². The van der Waals surface area contributed by atoms with Gasteiger partial charge in [0.15, 0.2) is 0 Å². The lowest BCUT2D eigenvalue weighted by atomic mass is 10.2. The Morgan fingerprint density at radius 2 is 2.11 bits per heavy atom. The third-order valence-electron chi connectivity index (χ3n) is 3.26. The second kappa shape index (κ2) is 5.42. The Labute approximate surface area is 106 Å². The van der Waals surface area contributed by atoms with E-state index >= 15 is 0 Å². The summed E-state index contributed by atoms with van der Waals surface area (Å²) in [6, 6.07) is 6.20. The van der Waals surface area contributed by atoms with Gasteiger partial charge in [-0.1, -0.05) is 6.07 Å². The number of fused-ring (bicyclic) bond motifs is 1. The quantitative estimate of drug-likeness (QED) is 0.891. The van der Waals surface area contributed by atoms with Crippen molar-refractivity contribution in [3.05, 3.63) is 36.2 Å². The number of nitrogens with one attached hydrogen (secondary N) is 1. The van der Waals surface area contributed by atoms with Gasteiger partial charge >= 0.3 is 0 Å². The summed E-state index contributed by atoms with van der Waals surface area (Å²) in [5.41, 5.74) is 3.13. The van der Waals surface area contributed by atoms with E-state index in [1.807, 2.05) is 6.07 Å². The molecule has 1 aliphatic rings. The van der Waals surface area contributed by atoms with E-state index in [1.165, 1.54) is 18.4 Å². The van der Waals surface area contributed by atoms with Gasteiger partial charge in [0.2, 0.25) is 0 Å². The van der Waals surface area contributed by atoms with Gasteiger partial charge in [0.25, 0.3) is 0 Å². The van der Waals surface area contributed by atoms with E-state index in [2.05, 4.69) is 27.4 Å². The Morgan fingerprint density at radius 3 is 2.94 bits per heavy atom. The minimum absolute atomic E-state index is 0.394. The Balaban J connectivity index is 1.60. The molecule has 0 spiro atoms. The van der Waals surface area contributed by atoms with E-state index in [4.69, 9.17) is 4.74 Å². The van der Waals surface area contributed by atoms with Crippen molar-refractivity contribution in [2.24, 2.45) is 0 Å². The summed E-state index contributed by atoms with van der Waals surface area (Å²) >= 11 is 0. The van der Waals surface area contributed by atoms with E-state index in [0.29, 0.717) is 6.10 Å². The molecule has 4 heteroatoms. The second-order valence-corrected chi connectivity index (χ2v) is 4.65. The summed E-state index contributed by atoms with van der Waals surface area (Å²) in [5.74, 6) is 0. The fourth-order valence-electron chi connectivity index (χ4n) is 2.30. The molecule has 0 aliphatic carbocycles. The Morgan fingerprint density at radius 1 is 1.22 bits per heavy atom. The van der Waals surface area contributed by atoms with E-state index in [1.54, 1.807) is 12.4 Å². The van der Waals surface area contributed by atoms with E-state index in [9.17, 15) is 0 Å². The van der Waals surface area contributed by atoms with Crippen LogP contribution < -0.4 is 5.32 Å². The molecule has 1 atom stereocenters. The first-order chi connectivity index (χ1) is 8.92. The fourth-order valence-corrected chi connectivity index (χ4v) is 2.30. The first-order valence-electron chi connectivity index (χ1n) is 6.44. The van der Waals surface area contributed by atoms with Gasteiger partial charge in [-0.25, -0.2) is 0 Å². The zero-order valence-electron chi connectivity index (χ0n) is 10.3. The number of aromatic nitrogens is 2. The van der Waals surface area contributed by atoms with Gasteiger partial charge in [0.05, 0.1) is 17.1 Å². The first kappa shape index (κ1) is 11.6. The van der Waals surface area contributed by atoms with Crippen LogP contribution in [0, 0.1) is 0 Å². The highest BCUT2D eigenvalue weighted by molar-refractivity contribution is 5.74. The second-order valence-electron chi connectivity index (χ2n) is 4.65. The van der Waals surface area contributed by atoms with Crippen LogP contribution in [-0.2, 0) is 11.3 Å². The Hall–Kier alpha value is -1.52. The molecule has 18 heavy (non-hydrogen) atoms. The zero-order chi connectivity index (χ0) is 12.2. The lowest BCUT2D eigenvalue weighted by molar-refractivity contribution is 0.110. The predicted molar refractivity (Wildman–Crippen MR) is 70.2 cm³/mol. The smallest absolute Gasteiger partial charge is 0.0890 e. The number of hydrogen-bond donors (Lipinski definition) is 1. The number of ether oxygens (including phenoxy) is 1. The Bertz CT molecular complexity index is 523. The van der Waals surface area contributed by atoms with Gasteiger partial charge in [-0.15, -0.1) is 0 Å². The van der Waals surface area contributed by atoms with Crippen molar-refractivity contribution in [1.82, 2.24) is 15.3 Å². The van der Waals surface area contributed by atoms with Crippen LogP contribution in [0.5, 0.6) is 0 Å². The molecule has 2 aromatic rings. The highest BCUT2D eigenvalue weighted by Crippen LogP contribution is 2.12. The molecular formula is C14H17N3O. The summed E-state index contributed by atoms with van der Waals surface area (Å²) in [7, 11) is 0. The molecule has 1 fully saturated rings. The number of nitrogens with zero attached hydrogens (tertiary/aromatic N) is 2. The SMILES string of the molecule is c1cnc2cc(CNCC3CCCO3)ccc2n1. The lowest BCUT2D eigenvalue weighted by Crippen LogP contribution is -2.25. The van der Waals surface area contributed by atoms with Crippen LogP contribution in [0.4, 0.5) is 0 Å². The number of rotatable bonds is 4. The average molecular weight is 243 g/mol. The van der Waals surface area contributed by atoms with Crippen LogP contribution in [0.3, 0.4) is 0 Å². The minimum Gasteiger partial charge on any atom is -0.377 e. The molecule has 1 N–H and O–H groups in total. The van der Waals surface area contributed by atoms with Crippen molar-refractivity contribution in [1.29, 1.82) is 0 Å². The normalized spacial score (nSPS) is 19.4. The van der Waals surface area contributed by atoms with E-state index in [-0.39, 0.29) is 0 Å². The van der Waals surface area contributed by atoms with Gasteiger partial charge in [0, 0.05) is 32.1 Å². The molecule has 4 nitrogen and oxygen atoms in total. The van der Waals surface area contributed by atoms with Gasteiger partial charge < -0.3 is 10.1 Å². The first-order valence-corrected chi connectivity index (χ1v) is 6.44. The molecule has 0 bridgehead atoms. The zero-order valence-corrected chi connectivity index (χ0v) is 10.3. The summed E-state index contributed by atoms with van der Waals surface area (Å²) < 4.78 is 5.58. The lowest BCUT2D eigenvalue weighted by Gasteiger charge is -2.10. The van der Waals surface area contributed by atoms with E-state index in [0.717, 1.165) is 30.7 Å². The maximum atomic E-state index is 5.58. The molecule has 1 unspecified atom stereocenters. The van der Waals surface area contributed by atoms with Gasteiger partial charge in [-0.05, 0) is 30.5 Å². The van der Waals surface area contributed by atoms with Crippen molar-refractivity contribution in [3.63, 3.8) is 0 Å². The molecule has 94 valence electrons. The molecule has 3 rings (SSSR count). The van der Waals surface area contributed by atoms with Crippen LogP contribution in [0.2, 0.25) is 0 Å². The van der Waals surface area contributed by atoms with Gasteiger partial charge in [-0.3, -0.25) is 9.97 Å². The molecule has 0 saturated carbocycles. The summed E-state index contributed by atoms with van der Waals surface area (Å²) in [4.78, 5) is 8.58. The fraction of sp³-hybridized carbons (Fsp3) is 0.429. The summed E-state index contributed by atoms with van der Waals surface area (Å²) in [6.07, 6.45) is 6.21. The van der Waals surface area contributed by atoms with Crippen LogP contribution in [0.25, 0.3) is 11.0 Å². The van der Waals surface area contributed by atoms with Crippen LogP contribution in [0.15, 0.2) is 30.6 Å². The maximum Gasteiger partial charge on any atom is 0.0890 e. The number of benzene rings is 1. The van der Waals surface area contributed by atoms with Gasteiger partial charge in [0.1, 0.15) is 0 Å². The molecule has 1 saturated heterocycles. The minimum atomic E-state index is 0.394. The van der Waals surface area contributed by atoms with Crippen molar-refractivity contribution in [2.45, 2.75) is 25.5 Å². The van der Waals surface area contributed by atoms with Crippen LogP contribution in [-0.4, -0.2) is 29.2 Å². The van der Waals surface area contributed by atoms with Crippen LogP contribution >= 0.6 is 0 Å². The monoisotopic (exact) mass is 243 g/mol.